The Hall–Kier alpha value is -2.98. The molecule has 0 spiro atoms. The van der Waals surface area contributed by atoms with Gasteiger partial charge in [0, 0.05) is 62.7 Å². The van der Waals surface area contributed by atoms with Crippen molar-refractivity contribution in [1.82, 2.24) is 14.5 Å². The number of hydrogen-bond acceptors (Lipinski definition) is 7. The predicted molar refractivity (Wildman–Crippen MR) is 120 cm³/mol. The Morgan fingerprint density at radius 3 is 2.72 bits per heavy atom. The molecule has 1 aliphatic heterocycles. The largest absolute Gasteiger partial charge is 0.493 e. The molecule has 1 N–H and O–H groups in total. The first-order valence-electron chi connectivity index (χ1n) is 10.4. The Morgan fingerprint density at radius 1 is 1.28 bits per heavy atom. The quantitative estimate of drug-likeness (QED) is 0.604. The van der Waals surface area contributed by atoms with Crippen LogP contribution in [0.25, 0.3) is 22.2 Å². The molecule has 10 heteroatoms. The molecule has 1 saturated heterocycles. The van der Waals surface area contributed by atoms with Gasteiger partial charge in [0.1, 0.15) is 11.6 Å². The standard InChI is InChI=1S/C22H26N4O5S/c1-14(27)24-21-10-17-18(12-26(2)20(17)11-23-21)19-8-16(9-22(25-19)32(3,28)29)31-13-15-4-6-30-7-5-15/h8-12,15H,4-7,13H2,1-3H3,(H,23,24,27). The van der Waals surface area contributed by atoms with Crippen molar-refractivity contribution in [3.05, 3.63) is 30.6 Å². The zero-order valence-corrected chi connectivity index (χ0v) is 19.1. The monoisotopic (exact) mass is 458 g/mol. The van der Waals surface area contributed by atoms with Gasteiger partial charge in [0.05, 0.1) is 24.0 Å². The van der Waals surface area contributed by atoms with E-state index in [0.717, 1.165) is 35.6 Å². The van der Waals surface area contributed by atoms with Gasteiger partial charge in [-0.25, -0.2) is 18.4 Å². The van der Waals surface area contributed by atoms with E-state index >= 15 is 0 Å². The highest BCUT2D eigenvalue weighted by Gasteiger charge is 2.19. The molecule has 1 amide bonds. The topological polar surface area (TPSA) is 112 Å². The van der Waals surface area contributed by atoms with Gasteiger partial charge in [-0.1, -0.05) is 0 Å². The van der Waals surface area contributed by atoms with Gasteiger partial charge in [0.25, 0.3) is 0 Å². The van der Waals surface area contributed by atoms with E-state index in [2.05, 4.69) is 15.3 Å². The van der Waals surface area contributed by atoms with Crippen LogP contribution in [0.15, 0.2) is 35.6 Å². The molecule has 0 bridgehead atoms. The van der Waals surface area contributed by atoms with Crippen LogP contribution in [0.1, 0.15) is 19.8 Å². The van der Waals surface area contributed by atoms with Crippen molar-refractivity contribution < 1.29 is 22.7 Å². The molecule has 4 rings (SSSR count). The lowest BCUT2D eigenvalue weighted by Crippen LogP contribution is -2.21. The Labute approximate surface area is 186 Å². The zero-order valence-electron chi connectivity index (χ0n) is 18.3. The van der Waals surface area contributed by atoms with Gasteiger partial charge >= 0.3 is 0 Å². The lowest BCUT2D eigenvalue weighted by molar-refractivity contribution is -0.114. The summed E-state index contributed by atoms with van der Waals surface area (Å²) in [6.07, 6.45) is 6.48. The van der Waals surface area contributed by atoms with Crippen LogP contribution in [0.2, 0.25) is 0 Å². The Bertz CT molecular complexity index is 1260. The summed E-state index contributed by atoms with van der Waals surface area (Å²) in [5, 5.41) is 3.42. The number of aryl methyl sites for hydroxylation is 1. The van der Waals surface area contributed by atoms with E-state index in [-0.39, 0.29) is 10.9 Å². The van der Waals surface area contributed by atoms with Crippen molar-refractivity contribution in [2.45, 2.75) is 24.8 Å². The maximum atomic E-state index is 12.3. The van der Waals surface area contributed by atoms with E-state index in [0.29, 0.717) is 43.0 Å². The van der Waals surface area contributed by atoms with Gasteiger partial charge in [-0.05, 0) is 24.8 Å². The molecule has 0 atom stereocenters. The van der Waals surface area contributed by atoms with Gasteiger partial charge in [0.15, 0.2) is 14.9 Å². The minimum Gasteiger partial charge on any atom is -0.493 e. The van der Waals surface area contributed by atoms with Crippen LogP contribution in [0, 0.1) is 5.92 Å². The van der Waals surface area contributed by atoms with Gasteiger partial charge < -0.3 is 19.4 Å². The number of carbonyl (C=O) groups excluding carboxylic acids is 1. The van der Waals surface area contributed by atoms with Gasteiger partial charge in [-0.2, -0.15) is 0 Å². The van der Waals surface area contributed by atoms with Crippen LogP contribution in [0.3, 0.4) is 0 Å². The number of amides is 1. The normalized spacial score (nSPS) is 15.1. The molecule has 1 aliphatic rings. The molecule has 0 aromatic carbocycles. The minimum absolute atomic E-state index is 0.0508. The number of anilines is 1. The fourth-order valence-corrected chi connectivity index (χ4v) is 4.34. The van der Waals surface area contributed by atoms with Crippen LogP contribution < -0.4 is 10.1 Å². The number of carbonyl (C=O) groups is 1. The van der Waals surface area contributed by atoms with Crippen LogP contribution in [-0.4, -0.2) is 54.9 Å². The SMILES string of the molecule is CC(=O)Nc1cc2c(-c3cc(OCC4CCOCC4)cc(S(C)(=O)=O)n3)cn(C)c2cn1. The molecule has 0 unspecified atom stereocenters. The maximum absolute atomic E-state index is 12.3. The smallest absolute Gasteiger partial charge is 0.222 e. The molecule has 0 saturated carbocycles. The first-order valence-corrected chi connectivity index (χ1v) is 12.3. The highest BCUT2D eigenvalue weighted by atomic mass is 32.2. The first-order chi connectivity index (χ1) is 15.2. The molecule has 0 aliphatic carbocycles. The van der Waals surface area contributed by atoms with E-state index in [1.54, 1.807) is 18.3 Å². The van der Waals surface area contributed by atoms with Crippen molar-refractivity contribution in [1.29, 1.82) is 0 Å². The van der Waals surface area contributed by atoms with Crippen molar-refractivity contribution in [3.63, 3.8) is 0 Å². The summed E-state index contributed by atoms with van der Waals surface area (Å²) < 4.78 is 37.9. The van der Waals surface area contributed by atoms with E-state index in [1.807, 2.05) is 17.8 Å². The fourth-order valence-electron chi connectivity index (χ4n) is 3.75. The molecule has 3 aromatic heterocycles. The van der Waals surface area contributed by atoms with Crippen LogP contribution in [0.5, 0.6) is 5.75 Å². The molecule has 1 fully saturated rings. The highest BCUT2D eigenvalue weighted by Crippen LogP contribution is 2.33. The summed E-state index contributed by atoms with van der Waals surface area (Å²) in [5.41, 5.74) is 2.02. The second-order valence-electron chi connectivity index (χ2n) is 8.09. The third kappa shape index (κ3) is 4.91. The maximum Gasteiger partial charge on any atom is 0.222 e. The van der Waals surface area contributed by atoms with Crippen molar-refractivity contribution in [2.24, 2.45) is 13.0 Å². The summed E-state index contributed by atoms with van der Waals surface area (Å²) in [5.74, 6) is 1.00. The molecule has 0 radical (unpaired) electrons. The second-order valence-corrected chi connectivity index (χ2v) is 10.0. The minimum atomic E-state index is -3.56. The van der Waals surface area contributed by atoms with E-state index < -0.39 is 9.84 Å². The van der Waals surface area contributed by atoms with Crippen LogP contribution in [0.4, 0.5) is 5.82 Å². The summed E-state index contributed by atoms with van der Waals surface area (Å²) in [4.78, 5) is 20.1. The number of hydrogen-bond donors (Lipinski definition) is 1. The Kier molecular flexibility index (Phi) is 6.16. The summed E-state index contributed by atoms with van der Waals surface area (Å²) in [6.45, 7) is 3.33. The van der Waals surface area contributed by atoms with Crippen molar-refractivity contribution in [2.75, 3.05) is 31.4 Å². The summed E-state index contributed by atoms with van der Waals surface area (Å²) in [7, 11) is -1.69. The third-order valence-electron chi connectivity index (χ3n) is 5.44. The zero-order chi connectivity index (χ0) is 22.9. The van der Waals surface area contributed by atoms with E-state index in [4.69, 9.17) is 9.47 Å². The van der Waals surface area contributed by atoms with Crippen LogP contribution in [-0.2, 0) is 26.4 Å². The number of rotatable bonds is 6. The molecule has 170 valence electrons. The Morgan fingerprint density at radius 2 is 2.03 bits per heavy atom. The second kappa shape index (κ2) is 8.87. The lowest BCUT2D eigenvalue weighted by atomic mass is 10.0. The van der Waals surface area contributed by atoms with E-state index in [1.165, 1.54) is 13.0 Å². The highest BCUT2D eigenvalue weighted by molar-refractivity contribution is 7.90. The lowest BCUT2D eigenvalue weighted by Gasteiger charge is -2.22. The summed E-state index contributed by atoms with van der Waals surface area (Å²) in [6, 6.07) is 4.97. The summed E-state index contributed by atoms with van der Waals surface area (Å²) >= 11 is 0. The average molecular weight is 459 g/mol. The molecular formula is C22H26N4O5S. The first kappa shape index (κ1) is 22.2. The van der Waals surface area contributed by atoms with Crippen molar-refractivity contribution in [3.8, 4) is 17.0 Å². The fraction of sp³-hybridized carbons (Fsp3) is 0.409. The number of sulfone groups is 1. The van der Waals surface area contributed by atoms with Gasteiger partial charge in [-0.3, -0.25) is 4.79 Å². The average Bonchev–Trinajstić information content (AvgIpc) is 3.08. The Balaban J connectivity index is 1.76. The molecule has 3 aromatic rings. The number of nitrogens with zero attached hydrogens (tertiary/aromatic N) is 3. The third-order valence-corrected chi connectivity index (χ3v) is 6.41. The molecular weight excluding hydrogens is 432 g/mol. The molecule has 32 heavy (non-hydrogen) atoms. The van der Waals surface area contributed by atoms with Crippen molar-refractivity contribution >= 4 is 32.5 Å². The van der Waals surface area contributed by atoms with Gasteiger partial charge in [0.2, 0.25) is 5.91 Å². The van der Waals surface area contributed by atoms with Crippen LogP contribution >= 0.6 is 0 Å². The number of pyridine rings is 2. The van der Waals surface area contributed by atoms with Gasteiger partial charge in [-0.15, -0.1) is 0 Å². The number of nitrogens with one attached hydrogen (secondary N) is 1. The number of aromatic nitrogens is 3. The van der Waals surface area contributed by atoms with E-state index in [9.17, 15) is 13.2 Å². The predicted octanol–water partition coefficient (Wildman–Crippen LogP) is 2.80. The number of fused-ring (bicyclic) bond motifs is 1. The number of ether oxygens (including phenoxy) is 2. The molecule has 4 heterocycles. The molecule has 9 nitrogen and oxygen atoms in total.